The number of ether oxygens (including phenoxy) is 1. The Morgan fingerprint density at radius 2 is 1.70 bits per heavy atom. The van der Waals surface area contributed by atoms with Crippen LogP contribution < -0.4 is 10.0 Å². The molecule has 2 amide bonds. The molecule has 2 atom stereocenters. The summed E-state index contributed by atoms with van der Waals surface area (Å²) < 4.78 is 41.1. The number of quaternary nitrogens is 1. The molecule has 2 N–H and O–H groups in total. The number of aryl methyl sites for hydroxylation is 1. The SMILES string of the molecule is CCCC(=O)[N+](C)(Cc1ccc(-c2ccccc2S(=O)(=O)N(COCC[Si](C)(C)C)c2noc(C)c2C)cc1)[C@H](C(N)=O)C(C)C. The minimum Gasteiger partial charge on any atom is -0.364 e. The number of hydrogen-bond acceptors (Lipinski definition) is 7. The standard InChI is InChI=1S/C34H50N4O6SSi/c1-10-13-31(39)38(6,32(24(2)3)33(35)40)22-27-16-18-28(19-17-27)29-14-11-12-15-30(29)45(41,42)37(23-43-20-21-46(7,8)9)34-25(4)26(5)44-36-34/h11-12,14-19,24,32H,10,13,20-23H2,1-9H3,(H-,35,40)/p+1/t32-,38?/m0/s1. The molecule has 10 nitrogen and oxygen atoms in total. The molecule has 1 unspecified atom stereocenters. The molecule has 1 heterocycles. The van der Waals surface area contributed by atoms with Gasteiger partial charge in [-0.2, -0.15) is 0 Å². The second kappa shape index (κ2) is 15.1. The van der Waals surface area contributed by atoms with Gasteiger partial charge in [0.2, 0.25) is 0 Å². The number of nitrogens with two attached hydrogens (primary N) is 1. The minimum absolute atomic E-state index is 0.0499. The van der Waals surface area contributed by atoms with Gasteiger partial charge in [-0.1, -0.05) is 88.0 Å². The van der Waals surface area contributed by atoms with Gasteiger partial charge in [0.25, 0.3) is 15.9 Å². The van der Waals surface area contributed by atoms with Crippen molar-refractivity contribution in [1.82, 2.24) is 5.16 Å². The first-order valence-corrected chi connectivity index (χ1v) is 21.0. The predicted molar refractivity (Wildman–Crippen MR) is 184 cm³/mol. The summed E-state index contributed by atoms with van der Waals surface area (Å²) in [4.78, 5) is 26.0. The van der Waals surface area contributed by atoms with Gasteiger partial charge in [-0.05, 0) is 37.9 Å². The molecule has 0 aliphatic carbocycles. The smallest absolute Gasteiger partial charge is 0.314 e. The van der Waals surface area contributed by atoms with Gasteiger partial charge in [-0.15, -0.1) is 0 Å². The van der Waals surface area contributed by atoms with Crippen LogP contribution in [0.15, 0.2) is 57.9 Å². The van der Waals surface area contributed by atoms with Crippen molar-refractivity contribution in [2.24, 2.45) is 11.7 Å². The molecule has 46 heavy (non-hydrogen) atoms. The van der Waals surface area contributed by atoms with Crippen molar-refractivity contribution in [3.63, 3.8) is 0 Å². The fourth-order valence-electron chi connectivity index (χ4n) is 5.70. The maximum atomic E-state index is 14.4. The largest absolute Gasteiger partial charge is 0.364 e. The van der Waals surface area contributed by atoms with E-state index in [4.69, 9.17) is 15.0 Å². The van der Waals surface area contributed by atoms with Crippen molar-refractivity contribution < 1.29 is 31.7 Å². The first-order valence-electron chi connectivity index (χ1n) is 15.8. The lowest BCUT2D eigenvalue weighted by atomic mass is 9.96. The molecule has 3 rings (SSSR count). The fraction of sp³-hybridized carbons (Fsp3) is 0.500. The molecular formula is C34H51N4O6SSi+. The summed E-state index contributed by atoms with van der Waals surface area (Å²) in [7, 11) is -3.77. The molecule has 252 valence electrons. The van der Waals surface area contributed by atoms with Crippen LogP contribution in [0.2, 0.25) is 25.7 Å². The van der Waals surface area contributed by atoms with Crippen LogP contribution >= 0.6 is 0 Å². The van der Waals surface area contributed by atoms with E-state index in [2.05, 4.69) is 24.8 Å². The van der Waals surface area contributed by atoms with E-state index in [9.17, 15) is 18.0 Å². The lowest BCUT2D eigenvalue weighted by molar-refractivity contribution is -0.868. The summed E-state index contributed by atoms with van der Waals surface area (Å²) in [6.07, 6.45) is 0.994. The van der Waals surface area contributed by atoms with Crippen LogP contribution in [0, 0.1) is 19.8 Å². The van der Waals surface area contributed by atoms with Gasteiger partial charge < -0.3 is 15.0 Å². The minimum atomic E-state index is -4.15. The number of hydrogen-bond donors (Lipinski definition) is 1. The lowest BCUT2D eigenvalue weighted by Crippen LogP contribution is -2.62. The van der Waals surface area contributed by atoms with E-state index < -0.39 is 30.0 Å². The molecule has 0 aliphatic heterocycles. The highest BCUT2D eigenvalue weighted by Gasteiger charge is 2.45. The van der Waals surface area contributed by atoms with Gasteiger partial charge >= 0.3 is 5.91 Å². The van der Waals surface area contributed by atoms with E-state index >= 15 is 0 Å². The molecule has 0 fully saturated rings. The Bertz CT molecular complexity index is 1610. The van der Waals surface area contributed by atoms with Gasteiger partial charge in [-0.25, -0.2) is 22.0 Å². The monoisotopic (exact) mass is 671 g/mol. The maximum Gasteiger partial charge on any atom is 0.314 e. The summed E-state index contributed by atoms with van der Waals surface area (Å²) in [6, 6.07) is 14.4. The number of likely N-dealkylation sites (N-methyl/N-ethyl adjacent to an activating group) is 1. The molecule has 0 spiro atoms. The molecule has 0 radical (unpaired) electrons. The van der Waals surface area contributed by atoms with Crippen LogP contribution in [0.1, 0.15) is 50.5 Å². The number of rotatable bonds is 16. The first-order chi connectivity index (χ1) is 21.4. The van der Waals surface area contributed by atoms with E-state index in [-0.39, 0.29) is 40.3 Å². The molecule has 1 aromatic heterocycles. The molecule has 12 heteroatoms. The van der Waals surface area contributed by atoms with Crippen LogP contribution in [-0.2, 0) is 30.9 Å². The van der Waals surface area contributed by atoms with Crippen molar-refractivity contribution in [3.05, 3.63) is 65.4 Å². The molecule has 0 bridgehead atoms. The molecule has 0 saturated carbocycles. The summed E-state index contributed by atoms with van der Waals surface area (Å²) in [5.74, 6) is 0.0215. The van der Waals surface area contributed by atoms with E-state index in [1.54, 1.807) is 45.2 Å². The average molecular weight is 672 g/mol. The number of benzene rings is 2. The third-order valence-corrected chi connectivity index (χ3v) is 11.8. The summed E-state index contributed by atoms with van der Waals surface area (Å²) in [5.41, 5.74) is 8.46. The first kappa shape index (κ1) is 37.1. The number of carbonyl (C=O) groups excluding carboxylic acids is 2. The van der Waals surface area contributed by atoms with Crippen LogP contribution in [-0.4, -0.2) is 64.4 Å². The number of anilines is 1. The van der Waals surface area contributed by atoms with Gasteiger partial charge in [0.15, 0.2) is 11.9 Å². The van der Waals surface area contributed by atoms with E-state index in [1.807, 2.05) is 45.0 Å². The summed E-state index contributed by atoms with van der Waals surface area (Å²) in [6.45, 7) is 16.5. The predicted octanol–water partition coefficient (Wildman–Crippen LogP) is 6.25. The third kappa shape index (κ3) is 8.52. The summed E-state index contributed by atoms with van der Waals surface area (Å²) in [5, 5.41) is 4.09. The summed E-state index contributed by atoms with van der Waals surface area (Å²) >= 11 is 0. The number of carbonyl (C=O) groups is 2. The van der Waals surface area contributed by atoms with Crippen molar-refractivity contribution in [2.75, 3.05) is 24.7 Å². The Morgan fingerprint density at radius 3 is 2.22 bits per heavy atom. The Kier molecular flexibility index (Phi) is 12.2. The second-order valence-corrected chi connectivity index (χ2v) is 21.2. The fourth-order valence-corrected chi connectivity index (χ4v) is 8.02. The number of sulfonamides is 1. The van der Waals surface area contributed by atoms with Gasteiger partial charge in [-0.3, -0.25) is 4.79 Å². The quantitative estimate of drug-likeness (QED) is 0.0824. The maximum absolute atomic E-state index is 14.4. The highest BCUT2D eigenvalue weighted by Crippen LogP contribution is 2.34. The number of primary amides is 1. The Labute approximate surface area is 275 Å². The molecule has 0 saturated heterocycles. The normalized spacial score (nSPS) is 14.2. The zero-order valence-corrected chi connectivity index (χ0v) is 30.6. The van der Waals surface area contributed by atoms with Crippen molar-refractivity contribution >= 4 is 35.7 Å². The number of nitrogens with zero attached hydrogens (tertiary/aromatic N) is 3. The Hall–Kier alpha value is -3.32. The van der Waals surface area contributed by atoms with Crippen LogP contribution in [0.3, 0.4) is 0 Å². The second-order valence-electron chi connectivity index (χ2n) is 13.7. The third-order valence-electron chi connectivity index (χ3n) is 8.38. The van der Waals surface area contributed by atoms with Crippen molar-refractivity contribution in [1.29, 1.82) is 0 Å². The highest BCUT2D eigenvalue weighted by atomic mass is 32.2. The van der Waals surface area contributed by atoms with Gasteiger partial charge in [0, 0.05) is 37.3 Å². The Balaban J connectivity index is 2.01. The molecular weight excluding hydrogens is 621 g/mol. The molecule has 3 aromatic rings. The van der Waals surface area contributed by atoms with E-state index in [0.717, 1.165) is 11.6 Å². The zero-order valence-electron chi connectivity index (χ0n) is 28.8. The van der Waals surface area contributed by atoms with E-state index in [1.165, 1.54) is 4.31 Å². The number of amides is 2. The highest BCUT2D eigenvalue weighted by molar-refractivity contribution is 7.93. The van der Waals surface area contributed by atoms with Gasteiger partial charge in [0.1, 0.15) is 19.0 Å². The molecule has 2 aromatic carbocycles. The average Bonchev–Trinajstić information content (AvgIpc) is 3.29. The van der Waals surface area contributed by atoms with Crippen molar-refractivity contribution in [3.8, 4) is 11.1 Å². The Morgan fingerprint density at radius 1 is 1.07 bits per heavy atom. The van der Waals surface area contributed by atoms with Gasteiger partial charge in [0.05, 0.1) is 18.4 Å². The van der Waals surface area contributed by atoms with Crippen LogP contribution in [0.5, 0.6) is 0 Å². The topological polar surface area (TPSA) is 133 Å². The zero-order chi connectivity index (χ0) is 34.4. The lowest BCUT2D eigenvalue weighted by Gasteiger charge is -2.39. The van der Waals surface area contributed by atoms with Crippen molar-refractivity contribution in [2.45, 2.75) is 90.6 Å². The van der Waals surface area contributed by atoms with E-state index in [0.29, 0.717) is 41.9 Å². The van der Waals surface area contributed by atoms with Crippen LogP contribution in [0.4, 0.5) is 5.82 Å². The molecule has 0 aliphatic rings. The number of aromatic nitrogens is 1. The van der Waals surface area contributed by atoms with Crippen LogP contribution in [0.25, 0.3) is 11.1 Å².